The molecule has 0 saturated carbocycles. The van der Waals surface area contributed by atoms with E-state index in [-0.39, 0.29) is 6.61 Å². The topological polar surface area (TPSA) is 47.9 Å². The average molecular weight is 244 g/mol. The SMILES string of the molecule is OB(OOCc1ccccc1)Oc1ccccc1. The monoisotopic (exact) mass is 244 g/mol. The van der Waals surface area contributed by atoms with Gasteiger partial charge in [0.15, 0.2) is 0 Å². The molecular formula is C13H13BO4. The lowest BCUT2D eigenvalue weighted by Gasteiger charge is -2.09. The van der Waals surface area contributed by atoms with Crippen molar-refractivity contribution in [2.24, 2.45) is 0 Å². The summed E-state index contributed by atoms with van der Waals surface area (Å²) in [5, 5.41) is 9.41. The van der Waals surface area contributed by atoms with Gasteiger partial charge in [0.05, 0.1) is 0 Å². The fourth-order valence-electron chi connectivity index (χ4n) is 1.37. The van der Waals surface area contributed by atoms with Gasteiger partial charge in [-0.3, -0.25) is 0 Å². The molecule has 0 atom stereocenters. The second-order valence-corrected chi connectivity index (χ2v) is 3.58. The first-order valence-corrected chi connectivity index (χ1v) is 5.56. The van der Waals surface area contributed by atoms with Gasteiger partial charge < -0.3 is 9.68 Å². The molecule has 0 spiro atoms. The molecule has 18 heavy (non-hydrogen) atoms. The van der Waals surface area contributed by atoms with Gasteiger partial charge in [-0.25, -0.2) is 9.69 Å². The van der Waals surface area contributed by atoms with Crippen LogP contribution in [0.5, 0.6) is 5.75 Å². The van der Waals surface area contributed by atoms with E-state index in [0.29, 0.717) is 5.75 Å². The van der Waals surface area contributed by atoms with E-state index in [0.717, 1.165) is 5.56 Å². The van der Waals surface area contributed by atoms with Crippen molar-refractivity contribution in [3.63, 3.8) is 0 Å². The molecule has 2 rings (SSSR count). The van der Waals surface area contributed by atoms with Crippen molar-refractivity contribution in [2.45, 2.75) is 6.61 Å². The van der Waals surface area contributed by atoms with E-state index in [1.165, 1.54) is 0 Å². The summed E-state index contributed by atoms with van der Waals surface area (Å²) < 4.78 is 5.06. The molecule has 2 aromatic carbocycles. The first-order chi connectivity index (χ1) is 8.84. The quantitative estimate of drug-likeness (QED) is 0.480. The highest BCUT2D eigenvalue weighted by Crippen LogP contribution is 2.09. The van der Waals surface area contributed by atoms with Crippen LogP contribution in [0.3, 0.4) is 0 Å². The van der Waals surface area contributed by atoms with E-state index < -0.39 is 7.32 Å². The predicted octanol–water partition coefficient (Wildman–Crippen LogP) is 2.19. The van der Waals surface area contributed by atoms with Crippen molar-refractivity contribution in [1.82, 2.24) is 0 Å². The van der Waals surface area contributed by atoms with E-state index in [1.54, 1.807) is 24.3 Å². The highest BCUT2D eigenvalue weighted by molar-refractivity contribution is 6.35. The number of benzene rings is 2. The van der Waals surface area contributed by atoms with Gasteiger partial charge >= 0.3 is 7.32 Å². The lowest BCUT2D eigenvalue weighted by molar-refractivity contribution is -0.243. The Morgan fingerprint density at radius 3 is 2.17 bits per heavy atom. The molecule has 0 aliphatic carbocycles. The predicted molar refractivity (Wildman–Crippen MR) is 67.4 cm³/mol. The molecule has 0 radical (unpaired) electrons. The summed E-state index contributed by atoms with van der Waals surface area (Å²) in [5.41, 5.74) is 0.949. The fourth-order valence-corrected chi connectivity index (χ4v) is 1.37. The van der Waals surface area contributed by atoms with Crippen LogP contribution in [-0.4, -0.2) is 12.3 Å². The van der Waals surface area contributed by atoms with Crippen LogP contribution in [0.4, 0.5) is 0 Å². The van der Waals surface area contributed by atoms with E-state index in [2.05, 4.69) is 4.81 Å². The van der Waals surface area contributed by atoms with Gasteiger partial charge in [-0.2, -0.15) is 0 Å². The van der Waals surface area contributed by atoms with Crippen LogP contribution in [0.2, 0.25) is 0 Å². The maximum atomic E-state index is 9.41. The first-order valence-electron chi connectivity index (χ1n) is 5.56. The maximum Gasteiger partial charge on any atom is 0.739 e. The molecule has 0 aliphatic heterocycles. The Balaban J connectivity index is 1.71. The van der Waals surface area contributed by atoms with Gasteiger partial charge in [-0.15, -0.1) is 0 Å². The van der Waals surface area contributed by atoms with Crippen LogP contribution >= 0.6 is 0 Å². The Labute approximate surface area is 106 Å². The Kier molecular flexibility index (Phi) is 4.78. The highest BCUT2D eigenvalue weighted by atomic mass is 17.2. The minimum Gasteiger partial charge on any atom is -0.511 e. The minimum atomic E-state index is -1.45. The second kappa shape index (κ2) is 6.81. The molecular weight excluding hydrogens is 231 g/mol. The maximum absolute atomic E-state index is 9.41. The van der Waals surface area contributed by atoms with Crippen molar-refractivity contribution in [2.75, 3.05) is 0 Å². The van der Waals surface area contributed by atoms with Crippen LogP contribution in [0.1, 0.15) is 5.56 Å². The average Bonchev–Trinajstić information content (AvgIpc) is 2.41. The number of para-hydroxylation sites is 1. The molecule has 0 unspecified atom stereocenters. The zero-order valence-electron chi connectivity index (χ0n) is 9.73. The first kappa shape index (κ1) is 12.6. The normalized spacial score (nSPS) is 10.1. The minimum absolute atomic E-state index is 0.246. The zero-order chi connectivity index (χ0) is 12.6. The molecule has 0 bridgehead atoms. The molecule has 5 heteroatoms. The summed E-state index contributed by atoms with van der Waals surface area (Å²) in [5.74, 6) is 0.508. The van der Waals surface area contributed by atoms with Crippen molar-refractivity contribution in [3.05, 3.63) is 66.2 Å². The summed E-state index contributed by atoms with van der Waals surface area (Å²) >= 11 is 0. The Morgan fingerprint density at radius 1 is 0.889 bits per heavy atom. The Bertz CT molecular complexity index is 449. The molecule has 0 heterocycles. The highest BCUT2D eigenvalue weighted by Gasteiger charge is 2.19. The van der Waals surface area contributed by atoms with Crippen molar-refractivity contribution < 1.29 is 19.4 Å². The Morgan fingerprint density at radius 2 is 1.50 bits per heavy atom. The van der Waals surface area contributed by atoms with Crippen LogP contribution in [-0.2, 0) is 16.3 Å². The second-order valence-electron chi connectivity index (χ2n) is 3.58. The van der Waals surface area contributed by atoms with Crippen molar-refractivity contribution >= 4 is 7.32 Å². The number of rotatable bonds is 6. The third-order valence-corrected chi connectivity index (χ3v) is 2.20. The van der Waals surface area contributed by atoms with Gasteiger partial charge in [0.2, 0.25) is 0 Å². The number of hydrogen-bond acceptors (Lipinski definition) is 4. The van der Waals surface area contributed by atoms with Crippen LogP contribution in [0.25, 0.3) is 0 Å². The van der Waals surface area contributed by atoms with Gasteiger partial charge in [0.25, 0.3) is 0 Å². The van der Waals surface area contributed by atoms with Crippen LogP contribution < -0.4 is 4.65 Å². The zero-order valence-corrected chi connectivity index (χ0v) is 9.73. The summed E-state index contributed by atoms with van der Waals surface area (Å²) in [7, 11) is -1.45. The summed E-state index contributed by atoms with van der Waals surface area (Å²) in [6.45, 7) is 0.246. The smallest absolute Gasteiger partial charge is 0.511 e. The molecule has 1 N–H and O–H groups in total. The number of hydrogen-bond donors (Lipinski definition) is 1. The van der Waals surface area contributed by atoms with E-state index in [1.807, 2.05) is 36.4 Å². The lowest BCUT2D eigenvalue weighted by Crippen LogP contribution is -2.26. The standard InChI is InChI=1S/C13H13BO4/c15-14(17-13-9-5-2-6-10-13)18-16-11-12-7-3-1-4-8-12/h1-10,15H,11H2. The van der Waals surface area contributed by atoms with Crippen molar-refractivity contribution in [3.8, 4) is 5.75 Å². The van der Waals surface area contributed by atoms with E-state index in [9.17, 15) is 5.02 Å². The van der Waals surface area contributed by atoms with E-state index >= 15 is 0 Å². The lowest BCUT2D eigenvalue weighted by atomic mass is 10.2. The Hall–Kier alpha value is -1.82. The largest absolute Gasteiger partial charge is 0.739 e. The third kappa shape index (κ3) is 4.22. The third-order valence-electron chi connectivity index (χ3n) is 2.20. The molecule has 0 aliphatic rings. The molecule has 0 fully saturated rings. The van der Waals surface area contributed by atoms with Gasteiger partial charge in [-0.05, 0) is 17.7 Å². The molecule has 0 saturated heterocycles. The summed E-state index contributed by atoms with van der Waals surface area (Å²) in [6, 6.07) is 18.4. The van der Waals surface area contributed by atoms with Crippen LogP contribution in [0, 0.1) is 0 Å². The molecule has 0 amide bonds. The molecule has 0 aromatic heterocycles. The van der Waals surface area contributed by atoms with Crippen LogP contribution in [0.15, 0.2) is 60.7 Å². The van der Waals surface area contributed by atoms with Gasteiger partial charge in [0.1, 0.15) is 12.4 Å². The van der Waals surface area contributed by atoms with Gasteiger partial charge in [0, 0.05) is 0 Å². The molecule has 92 valence electrons. The fraction of sp³-hybridized carbons (Fsp3) is 0.0769. The summed E-state index contributed by atoms with van der Waals surface area (Å²) in [6.07, 6.45) is 0. The molecule has 2 aromatic rings. The molecule has 4 nitrogen and oxygen atoms in total. The van der Waals surface area contributed by atoms with Gasteiger partial charge in [-0.1, -0.05) is 48.5 Å². The summed E-state index contributed by atoms with van der Waals surface area (Å²) in [4.78, 5) is 9.56. The van der Waals surface area contributed by atoms with Crippen molar-refractivity contribution in [1.29, 1.82) is 0 Å². The van der Waals surface area contributed by atoms with E-state index in [4.69, 9.17) is 9.54 Å².